The molecule has 0 saturated carbocycles. The molecule has 1 aromatic heterocycles. The number of thioether (sulfide) groups is 1. The van der Waals surface area contributed by atoms with Crippen molar-refractivity contribution in [3.05, 3.63) is 41.7 Å². The highest BCUT2D eigenvalue weighted by molar-refractivity contribution is 7.99. The van der Waals surface area contributed by atoms with E-state index in [4.69, 9.17) is 0 Å². The number of nitrogens with one attached hydrogen (secondary N) is 1. The van der Waals surface area contributed by atoms with E-state index in [2.05, 4.69) is 36.3 Å². The fourth-order valence-corrected chi connectivity index (χ4v) is 2.82. The molecule has 0 aliphatic carbocycles. The highest BCUT2D eigenvalue weighted by Gasteiger charge is 2.19. The molecule has 6 heteroatoms. The van der Waals surface area contributed by atoms with Gasteiger partial charge in [-0.25, -0.2) is 4.98 Å². The summed E-state index contributed by atoms with van der Waals surface area (Å²) in [6, 6.07) is 6.23. The first kappa shape index (κ1) is 17.6. The quantitative estimate of drug-likeness (QED) is 0.797. The van der Waals surface area contributed by atoms with Crippen LogP contribution in [0, 0.1) is 13.8 Å². The van der Waals surface area contributed by atoms with Crippen LogP contribution in [0.25, 0.3) is 5.69 Å². The summed E-state index contributed by atoms with van der Waals surface area (Å²) < 4.78 is 1.97. The molecule has 23 heavy (non-hydrogen) atoms. The summed E-state index contributed by atoms with van der Waals surface area (Å²) in [6.45, 7) is 7.63. The molecule has 0 aliphatic heterocycles. The highest BCUT2D eigenvalue weighted by Crippen LogP contribution is 2.22. The van der Waals surface area contributed by atoms with Crippen molar-refractivity contribution in [1.29, 1.82) is 0 Å². The number of hydrogen-bond acceptors (Lipinski definition) is 4. The number of aliphatic hydroxyl groups excluding tert-OH is 1. The molecule has 0 radical (unpaired) electrons. The van der Waals surface area contributed by atoms with E-state index in [0.29, 0.717) is 0 Å². The Morgan fingerprint density at radius 1 is 1.35 bits per heavy atom. The zero-order valence-electron chi connectivity index (χ0n) is 14.0. The summed E-state index contributed by atoms with van der Waals surface area (Å²) >= 11 is 1.38. The number of aromatic nitrogens is 2. The van der Waals surface area contributed by atoms with E-state index in [1.807, 2.05) is 16.8 Å². The van der Waals surface area contributed by atoms with Crippen LogP contribution in [0.2, 0.25) is 0 Å². The first-order valence-corrected chi connectivity index (χ1v) is 8.46. The molecule has 0 bridgehead atoms. The first-order valence-electron chi connectivity index (χ1n) is 7.48. The standard InChI is InChI=1S/C17H23N3O2S/c1-12-5-6-14(9-13(12)2)20-8-7-18-16(20)23-10-15(22)19-17(3,4)11-21/h5-9,21H,10-11H2,1-4H3,(H,19,22). The number of carbonyl (C=O) groups excluding carboxylic acids is 1. The number of imidazole rings is 1. The van der Waals surface area contributed by atoms with Crippen LogP contribution in [-0.2, 0) is 4.79 Å². The predicted octanol–water partition coefficient (Wildman–Crippen LogP) is 2.47. The third kappa shape index (κ3) is 4.59. The third-order valence-electron chi connectivity index (χ3n) is 3.58. The predicted molar refractivity (Wildman–Crippen MR) is 93.1 cm³/mol. The minimum absolute atomic E-state index is 0.0966. The first-order chi connectivity index (χ1) is 10.8. The van der Waals surface area contributed by atoms with Gasteiger partial charge in [0.05, 0.1) is 17.9 Å². The van der Waals surface area contributed by atoms with Gasteiger partial charge < -0.3 is 10.4 Å². The molecule has 0 aliphatic rings. The molecule has 1 amide bonds. The minimum Gasteiger partial charge on any atom is -0.394 e. The molecule has 0 atom stereocenters. The van der Waals surface area contributed by atoms with Gasteiger partial charge >= 0.3 is 0 Å². The van der Waals surface area contributed by atoms with E-state index in [1.165, 1.54) is 22.9 Å². The van der Waals surface area contributed by atoms with Gasteiger partial charge in [0.1, 0.15) is 0 Å². The fourth-order valence-electron chi connectivity index (χ4n) is 2.05. The maximum Gasteiger partial charge on any atom is 0.230 e. The van der Waals surface area contributed by atoms with E-state index in [9.17, 15) is 9.90 Å². The van der Waals surface area contributed by atoms with Gasteiger partial charge in [0, 0.05) is 18.1 Å². The van der Waals surface area contributed by atoms with Gasteiger partial charge in [0.15, 0.2) is 5.16 Å². The van der Waals surface area contributed by atoms with Crippen LogP contribution in [0.15, 0.2) is 35.7 Å². The largest absolute Gasteiger partial charge is 0.394 e. The van der Waals surface area contributed by atoms with Crippen molar-refractivity contribution in [1.82, 2.24) is 14.9 Å². The molecule has 0 saturated heterocycles. The molecule has 2 N–H and O–H groups in total. The van der Waals surface area contributed by atoms with E-state index in [-0.39, 0.29) is 18.3 Å². The van der Waals surface area contributed by atoms with Gasteiger partial charge in [0.25, 0.3) is 0 Å². The molecule has 124 valence electrons. The Kier molecular flexibility index (Phi) is 5.49. The number of carbonyl (C=O) groups is 1. The SMILES string of the molecule is Cc1ccc(-n2ccnc2SCC(=O)NC(C)(C)CO)cc1C. The molecule has 1 aromatic carbocycles. The summed E-state index contributed by atoms with van der Waals surface area (Å²) in [5.74, 6) is 0.134. The maximum absolute atomic E-state index is 12.0. The van der Waals surface area contributed by atoms with E-state index >= 15 is 0 Å². The Morgan fingerprint density at radius 3 is 2.74 bits per heavy atom. The number of rotatable bonds is 6. The zero-order valence-corrected chi connectivity index (χ0v) is 14.8. The van der Waals surface area contributed by atoms with Gasteiger partial charge in [-0.05, 0) is 51.0 Å². The Hall–Kier alpha value is -1.79. The maximum atomic E-state index is 12.0. The summed E-state index contributed by atoms with van der Waals surface area (Å²) in [7, 11) is 0. The van der Waals surface area contributed by atoms with Crippen LogP contribution in [0.5, 0.6) is 0 Å². The second-order valence-electron chi connectivity index (χ2n) is 6.23. The topological polar surface area (TPSA) is 67.2 Å². The summed E-state index contributed by atoms with van der Waals surface area (Å²) in [5.41, 5.74) is 2.88. The number of aliphatic hydroxyl groups is 1. The summed E-state index contributed by atoms with van der Waals surface area (Å²) in [4.78, 5) is 16.3. The average Bonchev–Trinajstić information content (AvgIpc) is 2.96. The van der Waals surface area contributed by atoms with Crippen LogP contribution in [0.3, 0.4) is 0 Å². The summed E-state index contributed by atoms with van der Waals surface area (Å²) in [5, 5.41) is 12.8. The number of hydrogen-bond donors (Lipinski definition) is 2. The van der Waals surface area contributed by atoms with Gasteiger partial charge in [-0.3, -0.25) is 9.36 Å². The Bertz CT molecular complexity index is 695. The zero-order chi connectivity index (χ0) is 17.0. The average molecular weight is 333 g/mol. The van der Waals surface area contributed by atoms with Gasteiger partial charge in [-0.1, -0.05) is 17.8 Å². The molecule has 0 fully saturated rings. The normalized spacial score (nSPS) is 11.5. The number of amides is 1. The van der Waals surface area contributed by atoms with E-state index in [1.54, 1.807) is 20.0 Å². The lowest BCUT2D eigenvalue weighted by Gasteiger charge is -2.23. The van der Waals surface area contributed by atoms with E-state index < -0.39 is 5.54 Å². The second-order valence-corrected chi connectivity index (χ2v) is 7.17. The monoisotopic (exact) mass is 333 g/mol. The molecule has 2 rings (SSSR count). The minimum atomic E-state index is -0.610. The lowest BCUT2D eigenvalue weighted by atomic mass is 10.1. The second kappa shape index (κ2) is 7.19. The van der Waals surface area contributed by atoms with Crippen molar-refractivity contribution >= 4 is 17.7 Å². The highest BCUT2D eigenvalue weighted by atomic mass is 32.2. The molecule has 0 unspecified atom stereocenters. The molecule has 5 nitrogen and oxygen atoms in total. The Labute approximate surface area is 141 Å². The van der Waals surface area contributed by atoms with Crippen molar-refractivity contribution in [2.45, 2.75) is 38.4 Å². The fraction of sp³-hybridized carbons (Fsp3) is 0.412. The molecular formula is C17H23N3O2S. The lowest BCUT2D eigenvalue weighted by Crippen LogP contribution is -2.47. The lowest BCUT2D eigenvalue weighted by molar-refractivity contribution is -0.120. The third-order valence-corrected chi connectivity index (χ3v) is 4.55. The number of nitrogens with zero attached hydrogens (tertiary/aromatic N) is 2. The van der Waals surface area contributed by atoms with Crippen molar-refractivity contribution in [3.8, 4) is 5.69 Å². The van der Waals surface area contributed by atoms with Crippen molar-refractivity contribution in [2.24, 2.45) is 0 Å². The van der Waals surface area contributed by atoms with Crippen molar-refractivity contribution in [2.75, 3.05) is 12.4 Å². The van der Waals surface area contributed by atoms with Crippen LogP contribution in [-0.4, -0.2) is 38.5 Å². The van der Waals surface area contributed by atoms with E-state index in [0.717, 1.165) is 10.8 Å². The molecule has 2 aromatic rings. The number of aryl methyl sites for hydroxylation is 2. The smallest absolute Gasteiger partial charge is 0.230 e. The molecule has 1 heterocycles. The molecule has 0 spiro atoms. The Balaban J connectivity index is 2.07. The van der Waals surface area contributed by atoms with Crippen LogP contribution in [0.1, 0.15) is 25.0 Å². The van der Waals surface area contributed by atoms with Crippen LogP contribution < -0.4 is 5.32 Å². The Morgan fingerprint density at radius 2 is 2.09 bits per heavy atom. The molecular weight excluding hydrogens is 310 g/mol. The van der Waals surface area contributed by atoms with Gasteiger partial charge in [-0.2, -0.15) is 0 Å². The summed E-state index contributed by atoms with van der Waals surface area (Å²) in [6.07, 6.45) is 3.62. The van der Waals surface area contributed by atoms with Crippen molar-refractivity contribution < 1.29 is 9.90 Å². The van der Waals surface area contributed by atoms with Gasteiger partial charge in [0.2, 0.25) is 5.91 Å². The van der Waals surface area contributed by atoms with Crippen LogP contribution >= 0.6 is 11.8 Å². The van der Waals surface area contributed by atoms with Gasteiger partial charge in [-0.15, -0.1) is 0 Å². The van der Waals surface area contributed by atoms with Crippen LogP contribution in [0.4, 0.5) is 0 Å². The number of benzene rings is 1. The van der Waals surface area contributed by atoms with Crippen molar-refractivity contribution in [3.63, 3.8) is 0 Å².